The maximum absolute atomic E-state index is 11.4. The Morgan fingerprint density at radius 1 is 1.60 bits per heavy atom. The van der Waals surface area contributed by atoms with Crippen LogP contribution in [0.1, 0.15) is 37.1 Å². The number of nitrogens with zero attached hydrogens (tertiary/aromatic N) is 3. The normalized spacial score (nSPS) is 17.9. The highest BCUT2D eigenvalue weighted by Crippen LogP contribution is 2.38. The molecule has 0 spiro atoms. The van der Waals surface area contributed by atoms with Crippen LogP contribution in [0, 0.1) is 5.92 Å². The van der Waals surface area contributed by atoms with E-state index in [0.717, 1.165) is 29.5 Å². The number of nitrogens with two attached hydrogens (primary N) is 1. The Labute approximate surface area is 156 Å². The van der Waals surface area contributed by atoms with Gasteiger partial charge in [0.2, 0.25) is 5.91 Å². The molecule has 134 valence electrons. The largest absolute Gasteiger partial charge is 0.369 e. The van der Waals surface area contributed by atoms with Crippen LogP contribution in [-0.4, -0.2) is 25.9 Å². The summed E-state index contributed by atoms with van der Waals surface area (Å²) in [5.41, 5.74) is 6.85. The molecule has 0 fully saturated rings. The van der Waals surface area contributed by atoms with Gasteiger partial charge in [-0.15, -0.1) is 28.1 Å². The van der Waals surface area contributed by atoms with E-state index in [9.17, 15) is 4.79 Å². The molecule has 0 radical (unpaired) electrons. The van der Waals surface area contributed by atoms with E-state index in [0.29, 0.717) is 11.7 Å². The van der Waals surface area contributed by atoms with E-state index >= 15 is 0 Å². The van der Waals surface area contributed by atoms with Crippen LogP contribution in [0.5, 0.6) is 0 Å². The lowest BCUT2D eigenvalue weighted by atomic mass is 9.87. The fourth-order valence-corrected chi connectivity index (χ4v) is 5.14. The minimum Gasteiger partial charge on any atom is -0.369 e. The molecule has 1 aliphatic carbocycles. The molecule has 0 saturated heterocycles. The van der Waals surface area contributed by atoms with Crippen molar-refractivity contribution >= 4 is 29.0 Å². The molecular formula is C18H24N4OS2. The number of carbonyl (C=O) groups is 1. The number of hydrogen-bond acceptors (Lipinski definition) is 5. The molecule has 2 N–H and O–H groups in total. The third kappa shape index (κ3) is 3.82. The first-order chi connectivity index (χ1) is 12.0. The maximum atomic E-state index is 11.4. The Morgan fingerprint density at radius 2 is 2.40 bits per heavy atom. The van der Waals surface area contributed by atoms with Gasteiger partial charge in [-0.1, -0.05) is 31.2 Å². The fraction of sp³-hybridized carbons (Fsp3) is 0.500. The van der Waals surface area contributed by atoms with Crippen LogP contribution >= 0.6 is 23.1 Å². The van der Waals surface area contributed by atoms with Gasteiger partial charge in [0.25, 0.3) is 0 Å². The molecule has 0 saturated carbocycles. The summed E-state index contributed by atoms with van der Waals surface area (Å²) in [6.45, 7) is 8.50. The number of amides is 1. The molecule has 3 rings (SSSR count). The maximum Gasteiger partial charge on any atom is 0.230 e. The second-order valence-corrected chi connectivity index (χ2v) is 8.89. The van der Waals surface area contributed by atoms with Crippen LogP contribution in [0.25, 0.3) is 10.7 Å². The van der Waals surface area contributed by atoms with E-state index in [1.807, 2.05) is 22.0 Å². The van der Waals surface area contributed by atoms with Gasteiger partial charge in [-0.25, -0.2) is 0 Å². The molecule has 1 aliphatic rings. The average Bonchev–Trinajstić information content (AvgIpc) is 3.18. The van der Waals surface area contributed by atoms with Gasteiger partial charge < -0.3 is 5.73 Å². The summed E-state index contributed by atoms with van der Waals surface area (Å²) in [5.74, 6) is 1.30. The van der Waals surface area contributed by atoms with Crippen LogP contribution in [0.15, 0.2) is 23.9 Å². The van der Waals surface area contributed by atoms with E-state index in [2.05, 4.69) is 29.8 Å². The SMILES string of the molecule is C=CCn1c(S[C@@H](C)C(N)=O)nnc1-c1cc2c(s1)CC[C@H](CC)C2. The van der Waals surface area contributed by atoms with Crippen molar-refractivity contribution in [2.24, 2.45) is 11.7 Å². The Balaban J connectivity index is 1.92. The van der Waals surface area contributed by atoms with Crippen molar-refractivity contribution in [2.75, 3.05) is 0 Å². The number of allylic oxidation sites excluding steroid dienone is 1. The average molecular weight is 377 g/mol. The van der Waals surface area contributed by atoms with Crippen LogP contribution < -0.4 is 5.73 Å². The third-order valence-corrected chi connectivity index (χ3v) is 7.03. The summed E-state index contributed by atoms with van der Waals surface area (Å²) in [6, 6.07) is 2.28. The highest BCUT2D eigenvalue weighted by Gasteiger charge is 2.24. The van der Waals surface area contributed by atoms with E-state index in [-0.39, 0.29) is 11.2 Å². The standard InChI is InChI=1S/C18H24N4OS2/c1-4-8-22-17(20-21-18(22)24-11(3)16(19)23)15-10-13-9-12(5-2)6-7-14(13)25-15/h4,10-12H,1,5-9H2,2-3H3,(H2,19,23)/t11-,12-/m0/s1. The highest BCUT2D eigenvalue weighted by molar-refractivity contribution is 8.00. The summed E-state index contributed by atoms with van der Waals surface area (Å²) >= 11 is 3.17. The monoisotopic (exact) mass is 376 g/mol. The number of primary amides is 1. The molecule has 0 aromatic carbocycles. The van der Waals surface area contributed by atoms with Gasteiger partial charge in [-0.05, 0) is 43.7 Å². The Bertz CT molecular complexity index is 780. The number of aryl methyl sites for hydroxylation is 1. The van der Waals surface area contributed by atoms with E-state index < -0.39 is 0 Å². The molecule has 0 unspecified atom stereocenters. The smallest absolute Gasteiger partial charge is 0.230 e. The molecule has 2 aromatic rings. The predicted molar refractivity (Wildman–Crippen MR) is 104 cm³/mol. The second kappa shape index (κ2) is 7.74. The fourth-order valence-electron chi connectivity index (χ4n) is 3.13. The van der Waals surface area contributed by atoms with Crippen LogP contribution in [0.2, 0.25) is 0 Å². The molecule has 0 aliphatic heterocycles. The van der Waals surface area contributed by atoms with Crippen molar-refractivity contribution in [3.63, 3.8) is 0 Å². The van der Waals surface area contributed by atoms with E-state index in [4.69, 9.17) is 5.73 Å². The zero-order valence-corrected chi connectivity index (χ0v) is 16.3. The summed E-state index contributed by atoms with van der Waals surface area (Å²) in [6.07, 6.45) is 6.67. The number of aromatic nitrogens is 3. The molecule has 2 heterocycles. The predicted octanol–water partition coefficient (Wildman–Crippen LogP) is 3.67. The summed E-state index contributed by atoms with van der Waals surface area (Å²) in [7, 11) is 0. The highest BCUT2D eigenvalue weighted by atomic mass is 32.2. The van der Waals surface area contributed by atoms with Gasteiger partial charge >= 0.3 is 0 Å². The van der Waals surface area contributed by atoms with Crippen LogP contribution in [0.4, 0.5) is 0 Å². The van der Waals surface area contributed by atoms with Gasteiger partial charge in [0, 0.05) is 11.4 Å². The number of thiophene rings is 1. The number of hydrogen-bond donors (Lipinski definition) is 1. The van der Waals surface area contributed by atoms with Crippen molar-refractivity contribution in [1.82, 2.24) is 14.8 Å². The zero-order valence-electron chi connectivity index (χ0n) is 14.7. The first-order valence-corrected chi connectivity index (χ1v) is 10.3. The number of fused-ring (bicyclic) bond motifs is 1. The van der Waals surface area contributed by atoms with Crippen LogP contribution in [0.3, 0.4) is 0 Å². The first kappa shape index (κ1) is 18.2. The Hall–Kier alpha value is -1.60. The van der Waals surface area contributed by atoms with Gasteiger partial charge in [0.15, 0.2) is 11.0 Å². The van der Waals surface area contributed by atoms with Crippen molar-refractivity contribution < 1.29 is 4.79 Å². The van der Waals surface area contributed by atoms with Crippen molar-refractivity contribution in [2.45, 2.75) is 56.5 Å². The summed E-state index contributed by atoms with van der Waals surface area (Å²) < 4.78 is 2.02. The number of carbonyl (C=O) groups excluding carboxylic acids is 1. The molecule has 0 bridgehead atoms. The second-order valence-electron chi connectivity index (χ2n) is 6.44. The lowest BCUT2D eigenvalue weighted by Gasteiger charge is -2.19. The molecule has 2 atom stereocenters. The van der Waals surface area contributed by atoms with Crippen molar-refractivity contribution in [1.29, 1.82) is 0 Å². The van der Waals surface area contributed by atoms with Gasteiger partial charge in [-0.3, -0.25) is 9.36 Å². The lowest BCUT2D eigenvalue weighted by molar-refractivity contribution is -0.117. The van der Waals surface area contributed by atoms with E-state index in [1.54, 1.807) is 6.92 Å². The minimum atomic E-state index is -0.350. The molecule has 7 heteroatoms. The summed E-state index contributed by atoms with van der Waals surface area (Å²) in [4.78, 5) is 14.0. The topological polar surface area (TPSA) is 73.8 Å². The number of thioether (sulfide) groups is 1. The third-order valence-electron chi connectivity index (χ3n) is 4.69. The summed E-state index contributed by atoms with van der Waals surface area (Å²) in [5, 5.41) is 9.06. The number of rotatable bonds is 7. The minimum absolute atomic E-state index is 0.345. The van der Waals surface area contributed by atoms with Gasteiger partial charge in [-0.2, -0.15) is 0 Å². The van der Waals surface area contributed by atoms with Crippen molar-refractivity contribution in [3.05, 3.63) is 29.2 Å². The molecule has 1 amide bonds. The molecule has 5 nitrogen and oxygen atoms in total. The lowest BCUT2D eigenvalue weighted by Crippen LogP contribution is -2.23. The molecule has 25 heavy (non-hydrogen) atoms. The van der Waals surface area contributed by atoms with Crippen molar-refractivity contribution in [3.8, 4) is 10.7 Å². The molecular weight excluding hydrogens is 352 g/mol. The van der Waals surface area contributed by atoms with E-state index in [1.165, 1.54) is 35.0 Å². The van der Waals surface area contributed by atoms with Gasteiger partial charge in [0.1, 0.15) is 0 Å². The Kier molecular flexibility index (Phi) is 5.64. The molecule has 2 aromatic heterocycles. The Morgan fingerprint density at radius 3 is 3.08 bits per heavy atom. The van der Waals surface area contributed by atoms with Crippen LogP contribution in [-0.2, 0) is 24.2 Å². The zero-order chi connectivity index (χ0) is 18.0. The van der Waals surface area contributed by atoms with Gasteiger partial charge in [0.05, 0.1) is 10.1 Å². The first-order valence-electron chi connectivity index (χ1n) is 8.65. The quantitative estimate of drug-likeness (QED) is 0.591.